The molecule has 1 aromatic heterocycles. The summed E-state index contributed by atoms with van der Waals surface area (Å²) in [7, 11) is 0. The van der Waals surface area contributed by atoms with E-state index in [2.05, 4.69) is 5.10 Å². The molecule has 1 aromatic carbocycles. The largest absolute Gasteiger partial charge is 0.328 e. The molecule has 1 atom stereocenters. The lowest BCUT2D eigenvalue weighted by Gasteiger charge is -2.39. The van der Waals surface area contributed by atoms with Crippen molar-refractivity contribution in [1.29, 1.82) is 0 Å². The summed E-state index contributed by atoms with van der Waals surface area (Å²) in [6, 6.07) is 6.91. The summed E-state index contributed by atoms with van der Waals surface area (Å²) in [5, 5.41) is 4.54. The number of alkyl halides is 2. The van der Waals surface area contributed by atoms with Crippen LogP contribution in [0.5, 0.6) is 0 Å². The van der Waals surface area contributed by atoms with E-state index in [1.807, 2.05) is 35.9 Å². The number of benzene rings is 1. The smallest absolute Gasteiger partial charge is 0.275 e. The standard InChI is InChI=1S/C18H19F2N3O/c1-11-5-2-3-7-13(11)23-14-8-4-6-12(14)16(21-23)18(24)22-10-9-15(22)17(19)20/h2-3,5,7,15,17H,4,6,8-10H2,1H3/t15-/m0/s1. The van der Waals surface area contributed by atoms with Crippen molar-refractivity contribution in [3.63, 3.8) is 0 Å². The molecule has 0 saturated carbocycles. The monoisotopic (exact) mass is 331 g/mol. The number of aromatic nitrogens is 2. The van der Waals surface area contributed by atoms with Crippen molar-refractivity contribution in [3.05, 3.63) is 46.8 Å². The Bertz CT molecular complexity index is 800. The van der Waals surface area contributed by atoms with Gasteiger partial charge < -0.3 is 4.90 Å². The topological polar surface area (TPSA) is 38.1 Å². The lowest BCUT2D eigenvalue weighted by Crippen LogP contribution is -2.54. The minimum absolute atomic E-state index is 0.350. The number of para-hydroxylation sites is 1. The molecule has 4 nitrogen and oxygen atoms in total. The van der Waals surface area contributed by atoms with E-state index in [-0.39, 0.29) is 5.91 Å². The van der Waals surface area contributed by atoms with Crippen LogP contribution in [0.25, 0.3) is 5.69 Å². The van der Waals surface area contributed by atoms with Gasteiger partial charge in [-0.25, -0.2) is 13.5 Å². The van der Waals surface area contributed by atoms with Crippen LogP contribution < -0.4 is 0 Å². The molecule has 6 heteroatoms. The van der Waals surface area contributed by atoms with Crippen molar-refractivity contribution in [2.45, 2.75) is 45.1 Å². The third-order valence-corrected chi connectivity index (χ3v) is 5.09. The maximum atomic E-state index is 13.0. The maximum Gasteiger partial charge on any atom is 0.275 e. The van der Waals surface area contributed by atoms with E-state index in [0.717, 1.165) is 41.8 Å². The van der Waals surface area contributed by atoms with Gasteiger partial charge in [0.15, 0.2) is 5.69 Å². The second kappa shape index (κ2) is 5.69. The van der Waals surface area contributed by atoms with E-state index in [0.29, 0.717) is 18.7 Å². The highest BCUT2D eigenvalue weighted by atomic mass is 19.3. The number of aryl methyl sites for hydroxylation is 1. The highest BCUT2D eigenvalue weighted by molar-refractivity contribution is 5.95. The number of nitrogens with zero attached hydrogens (tertiary/aromatic N) is 3. The van der Waals surface area contributed by atoms with Gasteiger partial charge in [-0.2, -0.15) is 5.10 Å². The molecule has 126 valence electrons. The minimum atomic E-state index is -2.49. The Morgan fingerprint density at radius 1 is 1.29 bits per heavy atom. The molecule has 1 saturated heterocycles. The summed E-state index contributed by atoms with van der Waals surface area (Å²) in [4.78, 5) is 14.0. The third kappa shape index (κ3) is 2.24. The lowest BCUT2D eigenvalue weighted by atomic mass is 10.0. The van der Waals surface area contributed by atoms with E-state index in [4.69, 9.17) is 0 Å². The number of amides is 1. The van der Waals surface area contributed by atoms with Crippen molar-refractivity contribution >= 4 is 5.91 Å². The molecular formula is C18H19F2N3O. The van der Waals surface area contributed by atoms with Gasteiger partial charge in [-0.15, -0.1) is 0 Å². The van der Waals surface area contributed by atoms with E-state index >= 15 is 0 Å². The minimum Gasteiger partial charge on any atom is -0.328 e. The quantitative estimate of drug-likeness (QED) is 0.866. The Morgan fingerprint density at radius 3 is 2.75 bits per heavy atom. The molecule has 4 rings (SSSR count). The van der Waals surface area contributed by atoms with Crippen LogP contribution in [-0.2, 0) is 12.8 Å². The Balaban J connectivity index is 1.75. The van der Waals surface area contributed by atoms with Crippen LogP contribution >= 0.6 is 0 Å². The lowest BCUT2D eigenvalue weighted by molar-refractivity contribution is -0.0223. The SMILES string of the molecule is Cc1ccccc1-n1nc(C(=O)N2CC[C@H]2C(F)F)c2c1CCC2. The molecule has 2 heterocycles. The maximum absolute atomic E-state index is 13.0. The molecular weight excluding hydrogens is 312 g/mol. The molecule has 2 aromatic rings. The first-order chi connectivity index (χ1) is 11.6. The van der Waals surface area contributed by atoms with Gasteiger partial charge in [0.25, 0.3) is 12.3 Å². The van der Waals surface area contributed by atoms with Crippen LogP contribution in [0.1, 0.15) is 40.2 Å². The molecule has 1 aliphatic heterocycles. The molecule has 24 heavy (non-hydrogen) atoms. The van der Waals surface area contributed by atoms with Gasteiger partial charge >= 0.3 is 0 Å². The molecule has 0 spiro atoms. The number of rotatable bonds is 3. The first kappa shape index (κ1) is 15.3. The van der Waals surface area contributed by atoms with Gasteiger partial charge in [-0.1, -0.05) is 18.2 Å². The highest BCUT2D eigenvalue weighted by Gasteiger charge is 2.41. The summed E-state index contributed by atoms with van der Waals surface area (Å²) in [5.74, 6) is -0.350. The molecule has 0 radical (unpaired) electrons. The summed E-state index contributed by atoms with van der Waals surface area (Å²) in [6.45, 7) is 2.39. The van der Waals surface area contributed by atoms with E-state index < -0.39 is 12.5 Å². The summed E-state index contributed by atoms with van der Waals surface area (Å²) >= 11 is 0. The molecule has 1 amide bonds. The van der Waals surface area contributed by atoms with Gasteiger partial charge in [0.05, 0.1) is 11.7 Å². The number of halogens is 2. The Morgan fingerprint density at radius 2 is 2.08 bits per heavy atom. The van der Waals surface area contributed by atoms with Crippen molar-refractivity contribution in [3.8, 4) is 5.69 Å². The van der Waals surface area contributed by atoms with Gasteiger partial charge in [0.1, 0.15) is 0 Å². The molecule has 2 aliphatic rings. The van der Waals surface area contributed by atoms with Crippen LogP contribution in [0.2, 0.25) is 0 Å². The Kier molecular flexibility index (Phi) is 3.62. The number of carbonyl (C=O) groups excluding carboxylic acids is 1. The fourth-order valence-corrected chi connectivity index (χ4v) is 3.67. The van der Waals surface area contributed by atoms with Gasteiger partial charge in [0.2, 0.25) is 0 Å². The molecule has 0 N–H and O–H groups in total. The third-order valence-electron chi connectivity index (χ3n) is 5.09. The Hall–Kier alpha value is -2.24. The average Bonchev–Trinajstić information content (AvgIpc) is 3.08. The van der Waals surface area contributed by atoms with Crippen LogP contribution in [0.15, 0.2) is 24.3 Å². The number of likely N-dealkylation sites (tertiary alicyclic amines) is 1. The highest BCUT2D eigenvalue weighted by Crippen LogP contribution is 2.32. The molecule has 1 aliphatic carbocycles. The van der Waals surface area contributed by atoms with Gasteiger partial charge in [0, 0.05) is 17.8 Å². The summed E-state index contributed by atoms with van der Waals surface area (Å²) in [6.07, 6.45) is 0.494. The second-order valence-corrected chi connectivity index (χ2v) is 6.51. The van der Waals surface area contributed by atoms with Gasteiger partial charge in [-0.05, 0) is 44.2 Å². The van der Waals surface area contributed by atoms with E-state index in [1.54, 1.807) is 0 Å². The summed E-state index contributed by atoms with van der Waals surface area (Å²) < 4.78 is 27.8. The zero-order valence-corrected chi connectivity index (χ0v) is 13.5. The van der Waals surface area contributed by atoms with Crippen molar-refractivity contribution in [1.82, 2.24) is 14.7 Å². The van der Waals surface area contributed by atoms with Gasteiger partial charge in [-0.3, -0.25) is 4.79 Å². The number of carbonyl (C=O) groups is 1. The first-order valence-corrected chi connectivity index (χ1v) is 8.34. The van der Waals surface area contributed by atoms with Crippen LogP contribution in [0.3, 0.4) is 0 Å². The second-order valence-electron chi connectivity index (χ2n) is 6.51. The normalized spacial score (nSPS) is 19.5. The average molecular weight is 331 g/mol. The molecule has 0 unspecified atom stereocenters. The number of hydrogen-bond acceptors (Lipinski definition) is 2. The summed E-state index contributed by atoms with van der Waals surface area (Å²) in [5.41, 5.74) is 4.35. The van der Waals surface area contributed by atoms with Crippen LogP contribution in [0.4, 0.5) is 8.78 Å². The number of fused-ring (bicyclic) bond motifs is 1. The van der Waals surface area contributed by atoms with Crippen molar-refractivity contribution < 1.29 is 13.6 Å². The first-order valence-electron chi connectivity index (χ1n) is 8.34. The fraction of sp³-hybridized carbons (Fsp3) is 0.444. The predicted octanol–water partition coefficient (Wildman–Crippen LogP) is 3.15. The fourth-order valence-electron chi connectivity index (χ4n) is 3.67. The van der Waals surface area contributed by atoms with Crippen LogP contribution in [0, 0.1) is 6.92 Å². The van der Waals surface area contributed by atoms with Crippen LogP contribution in [-0.4, -0.2) is 39.6 Å². The zero-order valence-electron chi connectivity index (χ0n) is 13.5. The van der Waals surface area contributed by atoms with Crippen molar-refractivity contribution in [2.24, 2.45) is 0 Å². The van der Waals surface area contributed by atoms with E-state index in [1.165, 1.54) is 4.90 Å². The predicted molar refractivity (Wildman–Crippen MR) is 85.8 cm³/mol. The number of hydrogen-bond donors (Lipinski definition) is 0. The Labute approximate surface area is 139 Å². The molecule has 1 fully saturated rings. The van der Waals surface area contributed by atoms with E-state index in [9.17, 15) is 13.6 Å². The van der Waals surface area contributed by atoms with Crippen molar-refractivity contribution in [2.75, 3.05) is 6.54 Å². The molecule has 0 bridgehead atoms. The zero-order chi connectivity index (χ0) is 16.8.